The quantitative estimate of drug-likeness (QED) is 0.770. The lowest BCUT2D eigenvalue weighted by molar-refractivity contribution is 0.196. The Labute approximate surface area is 120 Å². The monoisotopic (exact) mass is 287 g/mol. The second-order valence-corrected chi connectivity index (χ2v) is 6.58. The van der Waals surface area contributed by atoms with Crippen molar-refractivity contribution in [2.75, 3.05) is 0 Å². The molecule has 3 aromatic rings. The maximum absolute atomic E-state index is 9.79. The maximum Gasteiger partial charge on any atom is 0.155 e. The number of aromatic nitrogens is 1. The highest BCUT2D eigenvalue weighted by Crippen LogP contribution is 2.37. The molecule has 0 fully saturated rings. The Bertz CT molecular complexity index is 673. The molecule has 1 aromatic heterocycles. The molecule has 1 heterocycles. The highest BCUT2D eigenvalue weighted by atomic mass is 32.2. The lowest BCUT2D eigenvalue weighted by Crippen LogP contribution is -1.92. The fourth-order valence-corrected chi connectivity index (χ4v) is 4.14. The summed E-state index contributed by atoms with van der Waals surface area (Å²) in [6.07, 6.45) is -0.460. The van der Waals surface area contributed by atoms with E-state index >= 15 is 0 Å². The van der Waals surface area contributed by atoms with Crippen molar-refractivity contribution in [3.05, 3.63) is 54.1 Å². The van der Waals surface area contributed by atoms with E-state index in [0.29, 0.717) is 0 Å². The topological polar surface area (TPSA) is 33.1 Å². The van der Waals surface area contributed by atoms with Crippen molar-refractivity contribution in [2.45, 2.75) is 22.3 Å². The van der Waals surface area contributed by atoms with Gasteiger partial charge < -0.3 is 5.11 Å². The Balaban J connectivity index is 1.97. The first-order valence-corrected chi connectivity index (χ1v) is 7.68. The van der Waals surface area contributed by atoms with Crippen LogP contribution in [0, 0.1) is 0 Å². The summed E-state index contributed by atoms with van der Waals surface area (Å²) in [4.78, 5) is 5.67. The molecule has 19 heavy (non-hydrogen) atoms. The fraction of sp³-hybridized carbons (Fsp3) is 0.133. The maximum atomic E-state index is 9.79. The van der Waals surface area contributed by atoms with Gasteiger partial charge in [-0.2, -0.15) is 0 Å². The predicted molar refractivity (Wildman–Crippen MR) is 80.8 cm³/mol. The van der Waals surface area contributed by atoms with E-state index in [0.717, 1.165) is 20.3 Å². The molecule has 0 saturated carbocycles. The molecule has 3 rings (SSSR count). The Hall–Kier alpha value is -1.36. The zero-order valence-electron chi connectivity index (χ0n) is 10.4. The lowest BCUT2D eigenvalue weighted by atomic mass is 10.1. The van der Waals surface area contributed by atoms with E-state index in [1.807, 2.05) is 42.5 Å². The van der Waals surface area contributed by atoms with Gasteiger partial charge in [-0.25, -0.2) is 4.98 Å². The number of nitrogens with zero attached hydrogens (tertiary/aromatic N) is 1. The third kappa shape index (κ3) is 2.66. The molecule has 0 aliphatic carbocycles. The van der Waals surface area contributed by atoms with E-state index < -0.39 is 6.10 Å². The van der Waals surface area contributed by atoms with Gasteiger partial charge in [0.25, 0.3) is 0 Å². The molecule has 1 N–H and O–H groups in total. The molecule has 0 bridgehead atoms. The van der Waals surface area contributed by atoms with Crippen LogP contribution in [0.25, 0.3) is 10.2 Å². The first-order chi connectivity index (χ1) is 9.24. The Kier molecular flexibility index (Phi) is 3.55. The molecule has 4 heteroatoms. The van der Waals surface area contributed by atoms with Gasteiger partial charge in [-0.1, -0.05) is 42.1 Å². The molecule has 2 aromatic carbocycles. The zero-order chi connectivity index (χ0) is 13.2. The number of fused-ring (bicyclic) bond motifs is 1. The van der Waals surface area contributed by atoms with Gasteiger partial charge in [-0.3, -0.25) is 0 Å². The average Bonchev–Trinajstić information content (AvgIpc) is 2.81. The molecule has 0 radical (unpaired) electrons. The molecule has 0 amide bonds. The summed E-state index contributed by atoms with van der Waals surface area (Å²) in [5, 5.41) is 9.79. The Morgan fingerprint density at radius 1 is 1.11 bits per heavy atom. The van der Waals surface area contributed by atoms with E-state index in [4.69, 9.17) is 0 Å². The zero-order valence-corrected chi connectivity index (χ0v) is 12.0. The second-order valence-electron chi connectivity index (χ2n) is 4.26. The third-order valence-corrected chi connectivity index (χ3v) is 5.03. The highest BCUT2D eigenvalue weighted by Gasteiger charge is 2.11. The summed E-state index contributed by atoms with van der Waals surface area (Å²) >= 11 is 3.30. The summed E-state index contributed by atoms with van der Waals surface area (Å²) in [7, 11) is 0. The predicted octanol–water partition coefficient (Wildman–Crippen LogP) is 4.50. The van der Waals surface area contributed by atoms with Crippen LogP contribution in [0.15, 0.2) is 57.8 Å². The highest BCUT2D eigenvalue weighted by molar-refractivity contribution is 8.01. The number of thiazole rings is 1. The van der Waals surface area contributed by atoms with Gasteiger partial charge in [0.15, 0.2) is 4.34 Å². The smallest absolute Gasteiger partial charge is 0.155 e. The van der Waals surface area contributed by atoms with Crippen molar-refractivity contribution >= 4 is 33.3 Å². The van der Waals surface area contributed by atoms with Crippen LogP contribution in [0.5, 0.6) is 0 Å². The molecule has 0 spiro atoms. The molecule has 0 saturated heterocycles. The van der Waals surface area contributed by atoms with Crippen LogP contribution in [-0.2, 0) is 0 Å². The lowest BCUT2D eigenvalue weighted by Gasteiger charge is -2.09. The largest absolute Gasteiger partial charge is 0.389 e. The number of para-hydroxylation sites is 1. The Morgan fingerprint density at radius 3 is 2.63 bits per heavy atom. The fourth-order valence-electron chi connectivity index (χ4n) is 1.91. The average molecular weight is 287 g/mol. The summed E-state index contributed by atoms with van der Waals surface area (Å²) in [6, 6.07) is 16.1. The van der Waals surface area contributed by atoms with E-state index in [-0.39, 0.29) is 0 Å². The van der Waals surface area contributed by atoms with Crippen molar-refractivity contribution < 1.29 is 5.11 Å². The third-order valence-electron chi connectivity index (χ3n) is 2.84. The second kappa shape index (κ2) is 5.33. The summed E-state index contributed by atoms with van der Waals surface area (Å²) in [5.41, 5.74) is 1.98. The van der Waals surface area contributed by atoms with Crippen LogP contribution >= 0.6 is 23.1 Å². The minimum atomic E-state index is -0.460. The van der Waals surface area contributed by atoms with Gasteiger partial charge in [0.1, 0.15) is 0 Å². The van der Waals surface area contributed by atoms with Gasteiger partial charge >= 0.3 is 0 Å². The van der Waals surface area contributed by atoms with Gasteiger partial charge in [-0.15, -0.1) is 11.3 Å². The van der Waals surface area contributed by atoms with E-state index in [9.17, 15) is 5.11 Å². The number of hydrogen-bond acceptors (Lipinski definition) is 4. The number of hydrogen-bond donors (Lipinski definition) is 1. The van der Waals surface area contributed by atoms with Gasteiger partial charge in [-0.05, 0) is 30.7 Å². The molecule has 1 atom stereocenters. The molecule has 0 aliphatic rings. The van der Waals surface area contributed by atoms with Crippen molar-refractivity contribution in [1.29, 1.82) is 0 Å². The first kappa shape index (κ1) is 12.7. The van der Waals surface area contributed by atoms with Crippen LogP contribution < -0.4 is 0 Å². The molecule has 0 unspecified atom stereocenters. The van der Waals surface area contributed by atoms with Gasteiger partial charge in [0.2, 0.25) is 0 Å². The molecular weight excluding hydrogens is 274 g/mol. The van der Waals surface area contributed by atoms with Gasteiger partial charge in [0, 0.05) is 4.90 Å². The van der Waals surface area contributed by atoms with Crippen LogP contribution in [0.1, 0.15) is 18.6 Å². The summed E-state index contributed by atoms with van der Waals surface area (Å²) in [6.45, 7) is 1.79. The van der Waals surface area contributed by atoms with E-state index in [2.05, 4.69) is 11.1 Å². The van der Waals surface area contributed by atoms with E-state index in [1.54, 1.807) is 30.0 Å². The number of benzene rings is 2. The van der Waals surface area contributed by atoms with Crippen LogP contribution in [0.4, 0.5) is 0 Å². The standard InChI is InChI=1S/C15H13NOS2/c1-10(17)11-6-2-4-8-13(11)18-15-16-12-7-3-5-9-14(12)19-15/h2-10,17H,1H3/t10-/m0/s1. The molecular formula is C15H13NOS2. The van der Waals surface area contributed by atoms with Crippen LogP contribution in [0.3, 0.4) is 0 Å². The van der Waals surface area contributed by atoms with Crippen LogP contribution in [-0.4, -0.2) is 10.1 Å². The minimum absolute atomic E-state index is 0.460. The number of rotatable bonds is 3. The summed E-state index contributed by atoms with van der Waals surface area (Å²) < 4.78 is 2.20. The normalized spacial score (nSPS) is 12.7. The van der Waals surface area contributed by atoms with E-state index in [1.165, 1.54) is 4.70 Å². The minimum Gasteiger partial charge on any atom is -0.389 e. The SMILES string of the molecule is C[C@H](O)c1ccccc1Sc1nc2ccccc2s1. The number of aliphatic hydroxyl groups is 1. The van der Waals surface area contributed by atoms with Crippen molar-refractivity contribution in [3.63, 3.8) is 0 Å². The van der Waals surface area contributed by atoms with Crippen molar-refractivity contribution in [1.82, 2.24) is 4.98 Å². The Morgan fingerprint density at radius 2 is 1.84 bits per heavy atom. The molecule has 96 valence electrons. The summed E-state index contributed by atoms with van der Waals surface area (Å²) in [5.74, 6) is 0. The van der Waals surface area contributed by atoms with Gasteiger partial charge in [0.05, 0.1) is 16.3 Å². The number of aliphatic hydroxyl groups excluding tert-OH is 1. The molecule has 0 aliphatic heterocycles. The van der Waals surface area contributed by atoms with Crippen molar-refractivity contribution in [2.24, 2.45) is 0 Å². The molecule has 2 nitrogen and oxygen atoms in total. The first-order valence-electron chi connectivity index (χ1n) is 6.04. The van der Waals surface area contributed by atoms with Crippen molar-refractivity contribution in [3.8, 4) is 0 Å². The van der Waals surface area contributed by atoms with Crippen LogP contribution in [0.2, 0.25) is 0 Å².